The molecule has 5 nitrogen and oxygen atoms in total. The Morgan fingerprint density at radius 1 is 1.05 bits per heavy atom. The predicted octanol–water partition coefficient (Wildman–Crippen LogP) is 2.83. The first-order chi connectivity index (χ1) is 9.95. The van der Waals surface area contributed by atoms with Gasteiger partial charge in [-0.25, -0.2) is 4.98 Å². The molecule has 0 radical (unpaired) electrons. The molecular weight excluding hydrogens is 283 g/mol. The normalized spacial score (nSPS) is 17.2. The lowest BCUT2D eigenvalue weighted by Gasteiger charge is -2.22. The van der Waals surface area contributed by atoms with Crippen molar-refractivity contribution in [2.24, 2.45) is 0 Å². The van der Waals surface area contributed by atoms with Gasteiger partial charge in [-0.05, 0) is 19.8 Å². The summed E-state index contributed by atoms with van der Waals surface area (Å²) in [5, 5.41) is 3.61. The summed E-state index contributed by atoms with van der Waals surface area (Å²) in [7, 11) is 0. The first kappa shape index (κ1) is 14.1. The Bertz CT molecular complexity index is 641. The molecule has 1 aliphatic rings. The maximum atomic E-state index is 12.8. The van der Waals surface area contributed by atoms with E-state index in [1.165, 1.54) is 4.52 Å². The van der Waals surface area contributed by atoms with Gasteiger partial charge in [0.15, 0.2) is 0 Å². The summed E-state index contributed by atoms with van der Waals surface area (Å²) in [4.78, 5) is 9.64. The molecule has 0 saturated carbocycles. The molecule has 3 rings (SSSR count). The lowest BCUT2D eigenvalue weighted by Crippen LogP contribution is -2.26. The minimum atomic E-state index is -4.56. The van der Waals surface area contributed by atoms with E-state index in [4.69, 9.17) is 0 Å². The number of rotatable bonds is 1. The number of nitrogens with zero attached hydrogens (tertiary/aromatic N) is 5. The van der Waals surface area contributed by atoms with Crippen LogP contribution < -0.4 is 4.90 Å². The van der Waals surface area contributed by atoms with Crippen molar-refractivity contribution in [1.29, 1.82) is 0 Å². The molecule has 0 unspecified atom stereocenters. The number of halogens is 3. The molecule has 0 aromatic carbocycles. The van der Waals surface area contributed by atoms with Crippen molar-refractivity contribution in [2.45, 2.75) is 38.8 Å². The smallest absolute Gasteiger partial charge is 0.356 e. The van der Waals surface area contributed by atoms with Crippen LogP contribution in [0.25, 0.3) is 5.78 Å². The van der Waals surface area contributed by atoms with Crippen LogP contribution in [-0.4, -0.2) is 32.7 Å². The van der Waals surface area contributed by atoms with E-state index in [0.29, 0.717) is 11.5 Å². The Kier molecular flexibility index (Phi) is 3.46. The van der Waals surface area contributed by atoms with Gasteiger partial charge in [0.2, 0.25) is 0 Å². The van der Waals surface area contributed by atoms with Gasteiger partial charge in [0, 0.05) is 24.8 Å². The molecule has 1 saturated heterocycles. The maximum absolute atomic E-state index is 12.8. The molecule has 21 heavy (non-hydrogen) atoms. The highest BCUT2D eigenvalue weighted by Crippen LogP contribution is 2.28. The lowest BCUT2D eigenvalue weighted by atomic mass is 10.2. The highest BCUT2D eigenvalue weighted by molar-refractivity contribution is 5.47. The molecule has 1 fully saturated rings. The highest BCUT2D eigenvalue weighted by atomic mass is 19.4. The molecule has 2 aromatic heterocycles. The van der Waals surface area contributed by atoms with Crippen LogP contribution >= 0.6 is 0 Å². The second-order valence-electron chi connectivity index (χ2n) is 5.30. The molecule has 1 aliphatic heterocycles. The van der Waals surface area contributed by atoms with Gasteiger partial charge in [0.1, 0.15) is 5.82 Å². The van der Waals surface area contributed by atoms with E-state index in [0.717, 1.165) is 38.8 Å². The van der Waals surface area contributed by atoms with Crippen LogP contribution in [-0.2, 0) is 6.18 Å². The fourth-order valence-corrected chi connectivity index (χ4v) is 2.61. The third-order valence-corrected chi connectivity index (χ3v) is 3.61. The second kappa shape index (κ2) is 5.16. The third kappa shape index (κ3) is 2.79. The van der Waals surface area contributed by atoms with E-state index in [1.807, 2.05) is 0 Å². The quantitative estimate of drug-likeness (QED) is 0.812. The van der Waals surface area contributed by atoms with Gasteiger partial charge in [-0.2, -0.15) is 22.7 Å². The van der Waals surface area contributed by atoms with Crippen LogP contribution in [0, 0.1) is 6.92 Å². The van der Waals surface area contributed by atoms with Gasteiger partial charge in [-0.15, -0.1) is 5.10 Å². The van der Waals surface area contributed by atoms with Gasteiger partial charge in [-0.1, -0.05) is 12.8 Å². The topological polar surface area (TPSA) is 46.3 Å². The molecule has 114 valence electrons. The van der Waals surface area contributed by atoms with Gasteiger partial charge < -0.3 is 4.90 Å². The minimum absolute atomic E-state index is 0.00146. The van der Waals surface area contributed by atoms with Crippen LogP contribution in [0.2, 0.25) is 0 Å². The van der Waals surface area contributed by atoms with Crippen LogP contribution in [0.5, 0.6) is 0 Å². The Morgan fingerprint density at radius 2 is 1.71 bits per heavy atom. The molecule has 8 heteroatoms. The molecule has 2 aromatic rings. The number of fused-ring (bicyclic) bond motifs is 1. The summed E-state index contributed by atoms with van der Waals surface area (Å²) in [5.41, 5.74) is 0.642. The number of alkyl halides is 3. The van der Waals surface area contributed by atoms with E-state index in [9.17, 15) is 13.2 Å². The summed E-state index contributed by atoms with van der Waals surface area (Å²) < 4.78 is 39.6. The number of aryl methyl sites for hydroxylation is 1. The SMILES string of the molecule is Cc1cc(N2CCCCCC2)n2nc(C(F)(F)F)nc2n1. The molecule has 0 amide bonds. The van der Waals surface area contributed by atoms with Gasteiger partial charge >= 0.3 is 6.18 Å². The summed E-state index contributed by atoms with van der Waals surface area (Å²) in [5.74, 6) is -0.499. The zero-order valence-electron chi connectivity index (χ0n) is 11.7. The van der Waals surface area contributed by atoms with Crippen molar-refractivity contribution in [2.75, 3.05) is 18.0 Å². The van der Waals surface area contributed by atoms with Gasteiger partial charge in [0.25, 0.3) is 11.6 Å². The Morgan fingerprint density at radius 3 is 2.33 bits per heavy atom. The van der Waals surface area contributed by atoms with Crippen molar-refractivity contribution >= 4 is 11.6 Å². The molecule has 0 N–H and O–H groups in total. The molecule has 0 spiro atoms. The standard InChI is InChI=1S/C13H16F3N5/c1-9-8-10(20-6-4-2-3-5-7-20)21-12(17-9)18-11(19-21)13(14,15)16/h8H,2-7H2,1H3. The fourth-order valence-electron chi connectivity index (χ4n) is 2.61. The zero-order valence-corrected chi connectivity index (χ0v) is 11.7. The molecule has 0 atom stereocenters. The second-order valence-corrected chi connectivity index (χ2v) is 5.30. The number of hydrogen-bond donors (Lipinski definition) is 0. The highest BCUT2D eigenvalue weighted by Gasteiger charge is 2.37. The van der Waals surface area contributed by atoms with Crippen molar-refractivity contribution in [3.8, 4) is 0 Å². The van der Waals surface area contributed by atoms with E-state index in [2.05, 4.69) is 20.0 Å². The summed E-state index contributed by atoms with van der Waals surface area (Å²) >= 11 is 0. The molecular formula is C13H16F3N5. The maximum Gasteiger partial charge on any atom is 0.453 e. The molecule has 3 heterocycles. The largest absolute Gasteiger partial charge is 0.453 e. The Labute approximate surface area is 119 Å². The Hall–Kier alpha value is -1.86. The monoisotopic (exact) mass is 299 g/mol. The van der Waals surface area contributed by atoms with E-state index in [-0.39, 0.29) is 5.78 Å². The van der Waals surface area contributed by atoms with Gasteiger partial charge in [-0.3, -0.25) is 0 Å². The van der Waals surface area contributed by atoms with E-state index < -0.39 is 12.0 Å². The van der Waals surface area contributed by atoms with E-state index in [1.54, 1.807) is 13.0 Å². The van der Waals surface area contributed by atoms with Crippen LogP contribution in [0.15, 0.2) is 6.07 Å². The average molecular weight is 299 g/mol. The average Bonchev–Trinajstić information content (AvgIpc) is 2.66. The first-order valence-corrected chi connectivity index (χ1v) is 7.02. The molecule has 0 bridgehead atoms. The molecule has 0 aliphatic carbocycles. The van der Waals surface area contributed by atoms with E-state index >= 15 is 0 Å². The van der Waals surface area contributed by atoms with Crippen molar-refractivity contribution in [3.63, 3.8) is 0 Å². The summed E-state index contributed by atoms with van der Waals surface area (Å²) in [6.45, 7) is 3.39. The van der Waals surface area contributed by atoms with Crippen LogP contribution in [0.3, 0.4) is 0 Å². The fraction of sp³-hybridized carbons (Fsp3) is 0.615. The van der Waals surface area contributed by atoms with Gasteiger partial charge in [0.05, 0.1) is 0 Å². The number of anilines is 1. The minimum Gasteiger partial charge on any atom is -0.356 e. The predicted molar refractivity (Wildman–Crippen MR) is 71.2 cm³/mol. The van der Waals surface area contributed by atoms with Crippen LogP contribution in [0.4, 0.5) is 19.0 Å². The zero-order chi connectivity index (χ0) is 15.0. The first-order valence-electron chi connectivity index (χ1n) is 7.02. The van der Waals surface area contributed by atoms with Crippen LogP contribution in [0.1, 0.15) is 37.2 Å². The van der Waals surface area contributed by atoms with Crippen molar-refractivity contribution in [1.82, 2.24) is 19.6 Å². The van der Waals surface area contributed by atoms with Crippen molar-refractivity contribution in [3.05, 3.63) is 17.6 Å². The lowest BCUT2D eigenvalue weighted by molar-refractivity contribution is -0.144. The number of hydrogen-bond acceptors (Lipinski definition) is 4. The summed E-state index contributed by atoms with van der Waals surface area (Å²) in [6.07, 6.45) is -0.200. The third-order valence-electron chi connectivity index (χ3n) is 3.61. The van der Waals surface area contributed by atoms with Crippen molar-refractivity contribution < 1.29 is 13.2 Å². The Balaban J connectivity index is 2.10. The summed E-state index contributed by atoms with van der Waals surface area (Å²) in [6, 6.07) is 1.77. The number of aromatic nitrogens is 4.